The molecule has 1 N–H and O–H groups in total. The van der Waals surface area contributed by atoms with Crippen molar-refractivity contribution in [1.82, 2.24) is 10.2 Å². The summed E-state index contributed by atoms with van der Waals surface area (Å²) >= 11 is 1.49. The summed E-state index contributed by atoms with van der Waals surface area (Å²) in [5.74, 6) is 0.269. The first kappa shape index (κ1) is 15.3. The molecule has 5 heteroatoms. The Hall–Kier alpha value is -1.07. The van der Waals surface area contributed by atoms with Crippen LogP contribution < -0.4 is 5.32 Å². The summed E-state index contributed by atoms with van der Waals surface area (Å²) in [7, 11) is 0. The van der Waals surface area contributed by atoms with Crippen molar-refractivity contribution in [3.8, 4) is 0 Å². The second-order valence-corrected chi connectivity index (χ2v) is 5.88. The van der Waals surface area contributed by atoms with Crippen molar-refractivity contribution in [2.45, 2.75) is 18.9 Å². The molecular formula is C15H21FN2OS. The van der Waals surface area contributed by atoms with E-state index in [2.05, 4.69) is 10.2 Å². The second kappa shape index (κ2) is 7.64. The molecule has 1 amide bonds. The van der Waals surface area contributed by atoms with E-state index >= 15 is 0 Å². The van der Waals surface area contributed by atoms with E-state index in [1.807, 2.05) is 18.4 Å². The lowest BCUT2D eigenvalue weighted by Crippen LogP contribution is -2.37. The highest BCUT2D eigenvalue weighted by atomic mass is 32.2. The smallest absolute Gasteiger partial charge is 0.230 e. The molecule has 1 heterocycles. The van der Waals surface area contributed by atoms with Gasteiger partial charge in [-0.25, -0.2) is 4.39 Å². The third-order valence-electron chi connectivity index (χ3n) is 3.61. The first-order chi connectivity index (χ1) is 9.72. The van der Waals surface area contributed by atoms with Gasteiger partial charge in [0.2, 0.25) is 5.91 Å². The summed E-state index contributed by atoms with van der Waals surface area (Å²) < 4.78 is 14.0. The Morgan fingerprint density at radius 1 is 1.40 bits per heavy atom. The third-order valence-corrected chi connectivity index (χ3v) is 4.16. The third kappa shape index (κ3) is 3.96. The highest BCUT2D eigenvalue weighted by molar-refractivity contribution is 7.99. The van der Waals surface area contributed by atoms with E-state index < -0.39 is 0 Å². The van der Waals surface area contributed by atoms with Gasteiger partial charge in [-0.1, -0.05) is 18.2 Å². The second-order valence-electron chi connectivity index (χ2n) is 5.02. The fourth-order valence-corrected chi connectivity index (χ4v) is 2.99. The van der Waals surface area contributed by atoms with Gasteiger partial charge in [0.25, 0.3) is 0 Å². The predicted octanol–water partition coefficient (Wildman–Crippen LogP) is 2.44. The number of benzene rings is 1. The van der Waals surface area contributed by atoms with Crippen LogP contribution in [0.1, 0.15) is 24.4 Å². The Kier molecular flexibility index (Phi) is 5.86. The Morgan fingerprint density at radius 2 is 2.10 bits per heavy atom. The van der Waals surface area contributed by atoms with Gasteiger partial charge >= 0.3 is 0 Å². The minimum Gasteiger partial charge on any atom is -0.353 e. The normalized spacial score (nSPS) is 17.1. The van der Waals surface area contributed by atoms with Crippen LogP contribution in [0.15, 0.2) is 24.3 Å². The van der Waals surface area contributed by atoms with Crippen LogP contribution in [0.3, 0.4) is 0 Å². The zero-order chi connectivity index (χ0) is 14.4. The molecule has 20 heavy (non-hydrogen) atoms. The zero-order valence-electron chi connectivity index (χ0n) is 11.8. The molecule has 1 aromatic rings. The van der Waals surface area contributed by atoms with E-state index in [0.717, 1.165) is 25.9 Å². The molecule has 0 saturated carbocycles. The van der Waals surface area contributed by atoms with Crippen LogP contribution in [0.25, 0.3) is 0 Å². The highest BCUT2D eigenvalue weighted by Crippen LogP contribution is 2.26. The molecule has 0 bridgehead atoms. The lowest BCUT2D eigenvalue weighted by molar-refractivity contribution is -0.118. The molecule has 0 aromatic heterocycles. The molecule has 2 rings (SSSR count). The number of hydrogen-bond donors (Lipinski definition) is 1. The maximum absolute atomic E-state index is 14.0. The van der Waals surface area contributed by atoms with Crippen LogP contribution in [0, 0.1) is 5.82 Å². The SMILES string of the molecule is CSCC(=O)NC[C@@H](c1ccccc1F)N1CCCC1. The molecule has 3 nitrogen and oxygen atoms in total. The van der Waals surface area contributed by atoms with Gasteiger partial charge < -0.3 is 5.32 Å². The number of hydrogen-bond acceptors (Lipinski definition) is 3. The van der Waals surface area contributed by atoms with Crippen LogP contribution in [0.4, 0.5) is 4.39 Å². The molecule has 1 aromatic carbocycles. The van der Waals surface area contributed by atoms with Crippen LogP contribution >= 0.6 is 11.8 Å². The molecule has 1 fully saturated rings. The number of amides is 1. The Balaban J connectivity index is 2.08. The fourth-order valence-electron chi connectivity index (χ4n) is 2.63. The molecule has 1 atom stereocenters. The van der Waals surface area contributed by atoms with E-state index in [1.54, 1.807) is 6.07 Å². The van der Waals surface area contributed by atoms with E-state index in [-0.39, 0.29) is 17.8 Å². The van der Waals surface area contributed by atoms with E-state index in [4.69, 9.17) is 0 Å². The van der Waals surface area contributed by atoms with Crippen LogP contribution in [-0.4, -0.2) is 42.4 Å². The van der Waals surface area contributed by atoms with Crippen LogP contribution in [0.5, 0.6) is 0 Å². The number of carbonyl (C=O) groups excluding carboxylic acids is 1. The van der Waals surface area contributed by atoms with Crippen molar-refractivity contribution in [3.63, 3.8) is 0 Å². The average molecular weight is 296 g/mol. The lowest BCUT2D eigenvalue weighted by atomic mass is 10.0. The Morgan fingerprint density at radius 3 is 2.75 bits per heavy atom. The zero-order valence-corrected chi connectivity index (χ0v) is 12.6. The molecule has 0 unspecified atom stereocenters. The minimum atomic E-state index is -0.191. The van der Waals surface area contributed by atoms with Crippen LogP contribution in [0.2, 0.25) is 0 Å². The molecule has 0 aliphatic carbocycles. The maximum atomic E-state index is 14.0. The largest absolute Gasteiger partial charge is 0.353 e. The fraction of sp³-hybridized carbons (Fsp3) is 0.533. The highest BCUT2D eigenvalue weighted by Gasteiger charge is 2.25. The van der Waals surface area contributed by atoms with Gasteiger partial charge in [-0.15, -0.1) is 0 Å². The van der Waals surface area contributed by atoms with Crippen molar-refractivity contribution in [2.75, 3.05) is 31.6 Å². The number of rotatable bonds is 6. The van der Waals surface area contributed by atoms with Crippen LogP contribution in [-0.2, 0) is 4.79 Å². The predicted molar refractivity (Wildman–Crippen MR) is 81.3 cm³/mol. The molecular weight excluding hydrogens is 275 g/mol. The number of thioether (sulfide) groups is 1. The van der Waals surface area contributed by atoms with Crippen molar-refractivity contribution in [2.24, 2.45) is 0 Å². The Bertz CT molecular complexity index is 449. The summed E-state index contributed by atoms with van der Waals surface area (Å²) in [6.07, 6.45) is 4.18. The number of nitrogens with zero attached hydrogens (tertiary/aromatic N) is 1. The van der Waals surface area contributed by atoms with Gasteiger partial charge in [0.1, 0.15) is 5.82 Å². The van der Waals surface area contributed by atoms with Crippen molar-refractivity contribution < 1.29 is 9.18 Å². The lowest BCUT2D eigenvalue weighted by Gasteiger charge is -2.28. The summed E-state index contributed by atoms with van der Waals surface area (Å²) in [6, 6.07) is 6.79. The van der Waals surface area contributed by atoms with Gasteiger partial charge in [-0.2, -0.15) is 11.8 Å². The Labute approximate surface area is 123 Å². The van der Waals surface area contributed by atoms with Crippen molar-refractivity contribution in [1.29, 1.82) is 0 Å². The number of carbonyl (C=O) groups is 1. The van der Waals surface area contributed by atoms with Gasteiger partial charge in [0.15, 0.2) is 0 Å². The van der Waals surface area contributed by atoms with Gasteiger partial charge in [-0.05, 0) is 38.3 Å². The van der Waals surface area contributed by atoms with Crippen molar-refractivity contribution >= 4 is 17.7 Å². The average Bonchev–Trinajstić information content (AvgIpc) is 2.95. The molecule has 110 valence electrons. The summed E-state index contributed by atoms with van der Waals surface area (Å²) in [5.41, 5.74) is 0.679. The number of halogens is 1. The molecule has 0 radical (unpaired) electrons. The standard InChI is InChI=1S/C15H21FN2OS/c1-20-11-15(19)17-10-14(18-8-4-5-9-18)12-6-2-3-7-13(12)16/h2-3,6-7,14H,4-5,8-11H2,1H3,(H,17,19)/t14-/m0/s1. The van der Waals surface area contributed by atoms with Gasteiger partial charge in [0, 0.05) is 12.1 Å². The number of likely N-dealkylation sites (tertiary alicyclic amines) is 1. The minimum absolute atomic E-state index is 0.0121. The quantitative estimate of drug-likeness (QED) is 0.875. The molecule has 0 spiro atoms. The molecule has 1 aliphatic heterocycles. The summed E-state index contributed by atoms with van der Waals surface area (Å²) in [6.45, 7) is 2.41. The monoisotopic (exact) mass is 296 g/mol. The molecule has 1 aliphatic rings. The van der Waals surface area contributed by atoms with Gasteiger partial charge in [0.05, 0.1) is 11.8 Å². The first-order valence-corrected chi connectivity index (χ1v) is 8.36. The first-order valence-electron chi connectivity index (χ1n) is 6.96. The number of nitrogens with one attached hydrogen (secondary N) is 1. The van der Waals surface area contributed by atoms with E-state index in [0.29, 0.717) is 17.9 Å². The topological polar surface area (TPSA) is 32.3 Å². The summed E-state index contributed by atoms with van der Waals surface area (Å²) in [5, 5.41) is 2.92. The summed E-state index contributed by atoms with van der Waals surface area (Å²) in [4.78, 5) is 13.9. The van der Waals surface area contributed by atoms with Crippen molar-refractivity contribution in [3.05, 3.63) is 35.6 Å². The maximum Gasteiger partial charge on any atom is 0.230 e. The molecule has 1 saturated heterocycles. The van der Waals surface area contributed by atoms with Gasteiger partial charge in [-0.3, -0.25) is 9.69 Å². The van der Waals surface area contributed by atoms with E-state index in [1.165, 1.54) is 17.8 Å². The van der Waals surface area contributed by atoms with E-state index in [9.17, 15) is 9.18 Å².